The Labute approximate surface area is 263 Å². The normalized spacial score (nSPS) is 15.3. The zero-order chi connectivity index (χ0) is 32.2. The zero-order valence-electron chi connectivity index (χ0n) is 27.5. The number of ether oxygens (including phenoxy) is 2. The van der Waals surface area contributed by atoms with Gasteiger partial charge in [0, 0.05) is 44.1 Å². The quantitative estimate of drug-likeness (QED) is 0.255. The minimum atomic E-state index is -3.81. The molecule has 1 aromatic heterocycles. The molecule has 0 fully saturated rings. The van der Waals surface area contributed by atoms with Gasteiger partial charge >= 0.3 is 0 Å². The van der Waals surface area contributed by atoms with Crippen molar-refractivity contribution >= 4 is 15.9 Å². The molecule has 0 saturated carbocycles. The molecular weight excluding hydrogens is 576 g/mol. The summed E-state index contributed by atoms with van der Waals surface area (Å²) < 4.78 is 43.1. The largest absolute Gasteiger partial charge is 0.496 e. The molecule has 0 spiro atoms. The van der Waals surface area contributed by atoms with Crippen LogP contribution in [0, 0.1) is 26.7 Å². The van der Waals surface area contributed by atoms with Crippen molar-refractivity contribution in [2.75, 3.05) is 54.1 Å². The van der Waals surface area contributed by atoms with Crippen LogP contribution in [-0.4, -0.2) is 87.1 Å². The van der Waals surface area contributed by atoms with Gasteiger partial charge in [-0.25, -0.2) is 8.42 Å². The van der Waals surface area contributed by atoms with Crippen LogP contribution in [0.4, 0.5) is 0 Å². The maximum Gasteiger partial charge on any atom is 0.249 e. The number of benzene rings is 2. The maximum atomic E-state index is 14.0. The summed E-state index contributed by atoms with van der Waals surface area (Å²) in [4.78, 5) is 18.0. The molecular formula is C34H48N4O5S. The molecule has 1 amide bonds. The third-order valence-corrected chi connectivity index (χ3v) is 10.4. The van der Waals surface area contributed by atoms with E-state index in [1.54, 1.807) is 20.1 Å². The Morgan fingerprint density at radius 2 is 1.73 bits per heavy atom. The highest BCUT2D eigenvalue weighted by Gasteiger charge is 2.34. The molecule has 2 heterocycles. The minimum absolute atomic E-state index is 0.109. The van der Waals surface area contributed by atoms with Crippen molar-refractivity contribution in [3.05, 3.63) is 82.2 Å². The molecule has 1 aliphatic rings. The number of methoxy groups -OCH3 is 1. The van der Waals surface area contributed by atoms with Gasteiger partial charge in [-0.2, -0.15) is 4.31 Å². The van der Waals surface area contributed by atoms with E-state index in [-0.39, 0.29) is 37.6 Å². The molecule has 4 rings (SSSR count). The average Bonchev–Trinajstić information content (AvgIpc) is 3.37. The van der Waals surface area contributed by atoms with Crippen LogP contribution in [0.5, 0.6) is 5.75 Å². The number of rotatable bonds is 13. The zero-order valence-corrected chi connectivity index (χ0v) is 28.3. The number of sulfonamides is 1. The van der Waals surface area contributed by atoms with Crippen molar-refractivity contribution in [2.24, 2.45) is 5.92 Å². The van der Waals surface area contributed by atoms with Gasteiger partial charge in [0.25, 0.3) is 0 Å². The van der Waals surface area contributed by atoms with Crippen LogP contribution >= 0.6 is 0 Å². The molecule has 0 N–H and O–H groups in total. The first-order chi connectivity index (χ1) is 20.9. The van der Waals surface area contributed by atoms with Crippen molar-refractivity contribution in [2.45, 2.75) is 58.6 Å². The Kier molecular flexibility index (Phi) is 10.9. The van der Waals surface area contributed by atoms with E-state index < -0.39 is 10.0 Å². The van der Waals surface area contributed by atoms with E-state index in [9.17, 15) is 13.2 Å². The highest BCUT2D eigenvalue weighted by molar-refractivity contribution is 7.89. The van der Waals surface area contributed by atoms with Crippen molar-refractivity contribution in [1.29, 1.82) is 0 Å². The maximum absolute atomic E-state index is 14.0. The molecule has 240 valence electrons. The number of carbonyl (C=O) groups excluding carboxylic acids is 1. The number of amides is 1. The summed E-state index contributed by atoms with van der Waals surface area (Å²) in [6.07, 6.45) is 0. The molecule has 2 aromatic carbocycles. The summed E-state index contributed by atoms with van der Waals surface area (Å²) in [5, 5.41) is 0. The number of nitrogens with zero attached hydrogens (tertiary/aromatic N) is 4. The van der Waals surface area contributed by atoms with Gasteiger partial charge < -0.3 is 23.8 Å². The van der Waals surface area contributed by atoms with Crippen LogP contribution in [0.15, 0.2) is 53.4 Å². The molecule has 1 atom stereocenters. The van der Waals surface area contributed by atoms with Crippen molar-refractivity contribution in [3.63, 3.8) is 0 Å². The van der Waals surface area contributed by atoms with Gasteiger partial charge in [-0.15, -0.1) is 0 Å². The Morgan fingerprint density at radius 1 is 1.02 bits per heavy atom. The van der Waals surface area contributed by atoms with Gasteiger partial charge in [0.15, 0.2) is 0 Å². The number of hydrogen-bond acceptors (Lipinski definition) is 6. The van der Waals surface area contributed by atoms with Gasteiger partial charge in [-0.05, 0) is 81.2 Å². The Morgan fingerprint density at radius 3 is 2.36 bits per heavy atom. The first-order valence-electron chi connectivity index (χ1n) is 15.3. The Hall–Kier alpha value is -3.18. The van der Waals surface area contributed by atoms with Gasteiger partial charge in [0.2, 0.25) is 15.9 Å². The van der Waals surface area contributed by atoms with E-state index in [1.807, 2.05) is 50.8 Å². The van der Waals surface area contributed by atoms with E-state index >= 15 is 0 Å². The predicted octanol–water partition coefficient (Wildman–Crippen LogP) is 4.78. The van der Waals surface area contributed by atoms with Crippen LogP contribution in [-0.2, 0) is 32.6 Å². The monoisotopic (exact) mass is 624 g/mol. The second-order valence-electron chi connectivity index (χ2n) is 12.3. The molecule has 0 radical (unpaired) electrons. The Balaban J connectivity index is 1.49. The smallest absolute Gasteiger partial charge is 0.249 e. The molecule has 0 bridgehead atoms. The summed E-state index contributed by atoms with van der Waals surface area (Å²) in [5.41, 5.74) is 5.48. The van der Waals surface area contributed by atoms with Gasteiger partial charge in [0.05, 0.1) is 24.7 Å². The SMILES string of the molecule is COc1cc(C)c(S(=O)(=O)N(CCOCC(=O)N2CCn3c(CN(C)C)ccc3C2c2ccccc2)CC(C)C)c(C)c1C. The first-order valence-corrected chi connectivity index (χ1v) is 16.7. The lowest BCUT2D eigenvalue weighted by Gasteiger charge is -2.38. The number of hydrogen-bond donors (Lipinski definition) is 0. The topological polar surface area (TPSA) is 84.3 Å². The van der Waals surface area contributed by atoms with Crippen LogP contribution in [0.1, 0.15) is 53.5 Å². The van der Waals surface area contributed by atoms with Crippen molar-refractivity contribution < 1.29 is 22.7 Å². The van der Waals surface area contributed by atoms with E-state index in [2.05, 4.69) is 47.8 Å². The standard InChI is InChI=1S/C34H48N4O5S/c1-24(2)21-36(44(40,41)34-25(3)20-31(42-8)26(4)27(34)5)18-19-43-23-32(39)38-17-16-37-29(22-35(6)7)14-15-30(37)33(38)28-12-10-9-11-13-28/h9-15,20,24,33H,16-19,21-23H2,1-8H3. The number of aryl methyl sites for hydroxylation is 1. The van der Waals surface area contributed by atoms with Crippen LogP contribution in [0.2, 0.25) is 0 Å². The van der Waals surface area contributed by atoms with E-state index in [0.717, 1.165) is 23.4 Å². The lowest BCUT2D eigenvalue weighted by molar-refractivity contribution is -0.139. The Bertz CT molecular complexity index is 1550. The van der Waals surface area contributed by atoms with E-state index in [4.69, 9.17) is 9.47 Å². The van der Waals surface area contributed by atoms with Crippen molar-refractivity contribution in [1.82, 2.24) is 18.7 Å². The number of aromatic nitrogens is 1. The van der Waals surface area contributed by atoms with Gasteiger partial charge in [-0.1, -0.05) is 44.2 Å². The summed E-state index contributed by atoms with van der Waals surface area (Å²) in [7, 11) is 1.88. The number of carbonyl (C=O) groups is 1. The van der Waals surface area contributed by atoms with Crippen molar-refractivity contribution in [3.8, 4) is 5.75 Å². The molecule has 1 aliphatic heterocycles. The van der Waals surface area contributed by atoms with E-state index in [0.29, 0.717) is 41.4 Å². The molecule has 0 saturated heterocycles. The fraction of sp³-hybridized carbons (Fsp3) is 0.500. The summed E-state index contributed by atoms with van der Waals surface area (Å²) in [6.45, 7) is 12.1. The highest BCUT2D eigenvalue weighted by atomic mass is 32.2. The fourth-order valence-corrected chi connectivity index (χ4v) is 8.21. The van der Waals surface area contributed by atoms with E-state index in [1.165, 1.54) is 10.00 Å². The average molecular weight is 625 g/mol. The third kappa shape index (κ3) is 7.20. The third-order valence-electron chi connectivity index (χ3n) is 8.25. The van der Waals surface area contributed by atoms with Crippen LogP contribution in [0.3, 0.4) is 0 Å². The molecule has 44 heavy (non-hydrogen) atoms. The lowest BCUT2D eigenvalue weighted by Crippen LogP contribution is -2.45. The summed E-state index contributed by atoms with van der Waals surface area (Å²) in [5.74, 6) is 0.667. The summed E-state index contributed by atoms with van der Waals surface area (Å²) >= 11 is 0. The first kappa shape index (κ1) is 33.7. The molecule has 3 aromatic rings. The lowest BCUT2D eigenvalue weighted by atomic mass is 10.00. The highest BCUT2D eigenvalue weighted by Crippen LogP contribution is 2.35. The second kappa shape index (κ2) is 14.3. The molecule has 10 heteroatoms. The van der Waals surface area contributed by atoms with Gasteiger partial charge in [0.1, 0.15) is 12.4 Å². The predicted molar refractivity (Wildman–Crippen MR) is 173 cm³/mol. The second-order valence-corrected chi connectivity index (χ2v) is 14.2. The fourth-order valence-electron chi connectivity index (χ4n) is 6.14. The minimum Gasteiger partial charge on any atom is -0.496 e. The number of fused-ring (bicyclic) bond motifs is 1. The summed E-state index contributed by atoms with van der Waals surface area (Å²) in [6, 6.07) is 15.9. The molecule has 9 nitrogen and oxygen atoms in total. The van der Waals surface area contributed by atoms with Crippen LogP contribution < -0.4 is 4.74 Å². The van der Waals surface area contributed by atoms with Gasteiger partial charge in [-0.3, -0.25) is 4.79 Å². The molecule has 0 aliphatic carbocycles. The molecule has 1 unspecified atom stereocenters. The van der Waals surface area contributed by atoms with Crippen LogP contribution in [0.25, 0.3) is 0 Å².